The van der Waals surface area contributed by atoms with Crippen LogP contribution in [0.4, 0.5) is 5.69 Å². The van der Waals surface area contributed by atoms with E-state index in [1.165, 1.54) is 5.56 Å². The molecule has 1 aliphatic rings. The lowest BCUT2D eigenvalue weighted by atomic mass is 9.98. The molecule has 1 aromatic carbocycles. The van der Waals surface area contributed by atoms with Crippen molar-refractivity contribution in [3.63, 3.8) is 0 Å². The molecule has 2 unspecified atom stereocenters. The zero-order chi connectivity index (χ0) is 12.6. The Hall–Kier alpha value is -1.35. The van der Waals surface area contributed by atoms with Crippen molar-refractivity contribution >= 4 is 11.6 Å². The molecule has 0 aliphatic carbocycles. The summed E-state index contributed by atoms with van der Waals surface area (Å²) >= 11 is 0. The van der Waals surface area contributed by atoms with E-state index in [2.05, 4.69) is 13.0 Å². The van der Waals surface area contributed by atoms with Crippen LogP contribution in [-0.4, -0.2) is 17.5 Å². The molecule has 0 saturated carbocycles. The fraction of sp³-hybridized carbons (Fsp3) is 0.500. The van der Waals surface area contributed by atoms with Crippen molar-refractivity contribution in [2.45, 2.75) is 45.2 Å². The van der Waals surface area contributed by atoms with E-state index in [9.17, 15) is 4.79 Å². The highest BCUT2D eigenvalue weighted by molar-refractivity contribution is 6.01. The first-order valence-corrected chi connectivity index (χ1v) is 6.18. The molecule has 3 nitrogen and oxygen atoms in total. The zero-order valence-electron chi connectivity index (χ0n) is 10.7. The first kappa shape index (κ1) is 12.1. The van der Waals surface area contributed by atoms with Gasteiger partial charge < -0.3 is 10.6 Å². The summed E-state index contributed by atoms with van der Waals surface area (Å²) in [6.07, 6.45) is 1.57. The SMILES string of the molecule is CCC(C)(N)C(=O)N1c2ccccc2CC1C. The van der Waals surface area contributed by atoms with Crippen LogP contribution in [0.15, 0.2) is 24.3 Å². The molecule has 0 bridgehead atoms. The Morgan fingerprint density at radius 2 is 2.18 bits per heavy atom. The highest BCUT2D eigenvalue weighted by Crippen LogP contribution is 2.33. The molecule has 92 valence electrons. The Labute approximate surface area is 103 Å². The number of anilines is 1. The summed E-state index contributed by atoms with van der Waals surface area (Å²) in [5, 5.41) is 0. The van der Waals surface area contributed by atoms with Gasteiger partial charge in [0.15, 0.2) is 0 Å². The second kappa shape index (κ2) is 4.15. The van der Waals surface area contributed by atoms with Gasteiger partial charge in [-0.2, -0.15) is 0 Å². The molecule has 1 heterocycles. The Balaban J connectivity index is 2.37. The lowest BCUT2D eigenvalue weighted by Gasteiger charge is -2.31. The third kappa shape index (κ3) is 1.95. The molecule has 2 N–H and O–H groups in total. The first-order chi connectivity index (χ1) is 7.97. The molecule has 0 aromatic heterocycles. The largest absolute Gasteiger partial charge is 0.318 e. The second-order valence-corrected chi connectivity index (χ2v) is 5.13. The van der Waals surface area contributed by atoms with E-state index in [0.29, 0.717) is 6.42 Å². The summed E-state index contributed by atoms with van der Waals surface area (Å²) in [5.74, 6) is 0.0254. The number of rotatable bonds is 2. The van der Waals surface area contributed by atoms with Crippen LogP contribution in [0.25, 0.3) is 0 Å². The number of fused-ring (bicyclic) bond motifs is 1. The molecule has 0 saturated heterocycles. The predicted octanol–water partition coefficient (Wildman–Crippen LogP) is 2.09. The van der Waals surface area contributed by atoms with Gasteiger partial charge in [0.05, 0.1) is 5.54 Å². The minimum Gasteiger partial charge on any atom is -0.318 e. The number of carbonyl (C=O) groups is 1. The Morgan fingerprint density at radius 1 is 1.53 bits per heavy atom. The maximum Gasteiger partial charge on any atom is 0.247 e. The average Bonchev–Trinajstić information content (AvgIpc) is 2.64. The van der Waals surface area contributed by atoms with Crippen LogP contribution >= 0.6 is 0 Å². The van der Waals surface area contributed by atoms with E-state index in [1.807, 2.05) is 36.9 Å². The van der Waals surface area contributed by atoms with Gasteiger partial charge in [-0.05, 0) is 38.3 Å². The van der Waals surface area contributed by atoms with E-state index in [4.69, 9.17) is 5.73 Å². The van der Waals surface area contributed by atoms with Crippen molar-refractivity contribution in [1.29, 1.82) is 0 Å². The van der Waals surface area contributed by atoms with Crippen LogP contribution in [0.1, 0.15) is 32.8 Å². The molecule has 1 aromatic rings. The van der Waals surface area contributed by atoms with E-state index in [1.54, 1.807) is 0 Å². The number of carbonyl (C=O) groups excluding carboxylic acids is 1. The molecule has 2 rings (SSSR count). The standard InChI is InChI=1S/C14H20N2O/c1-4-14(3,15)13(17)16-10(2)9-11-7-5-6-8-12(11)16/h5-8,10H,4,9,15H2,1-3H3. The number of para-hydroxylation sites is 1. The maximum atomic E-state index is 12.5. The molecule has 0 spiro atoms. The number of benzene rings is 1. The fourth-order valence-corrected chi connectivity index (χ4v) is 2.30. The molecule has 2 atom stereocenters. The Kier molecular flexibility index (Phi) is 2.96. The molecule has 3 heteroatoms. The van der Waals surface area contributed by atoms with Gasteiger partial charge in [0.25, 0.3) is 0 Å². The molecule has 0 radical (unpaired) electrons. The zero-order valence-corrected chi connectivity index (χ0v) is 10.7. The molecule has 17 heavy (non-hydrogen) atoms. The van der Waals surface area contributed by atoms with Crippen molar-refractivity contribution in [3.05, 3.63) is 29.8 Å². The molecular formula is C14H20N2O. The van der Waals surface area contributed by atoms with Gasteiger partial charge in [-0.3, -0.25) is 4.79 Å². The predicted molar refractivity (Wildman–Crippen MR) is 70.0 cm³/mol. The molecule has 1 aliphatic heterocycles. The van der Waals surface area contributed by atoms with Crippen molar-refractivity contribution in [1.82, 2.24) is 0 Å². The third-order valence-electron chi connectivity index (χ3n) is 3.65. The average molecular weight is 232 g/mol. The summed E-state index contributed by atoms with van der Waals surface area (Å²) in [6, 6.07) is 8.27. The van der Waals surface area contributed by atoms with E-state index < -0.39 is 5.54 Å². The van der Waals surface area contributed by atoms with Gasteiger partial charge in [0, 0.05) is 11.7 Å². The lowest BCUT2D eigenvalue weighted by Crippen LogP contribution is -2.54. The van der Waals surface area contributed by atoms with E-state index in [0.717, 1.165) is 12.1 Å². The number of amides is 1. The third-order valence-corrected chi connectivity index (χ3v) is 3.65. The summed E-state index contributed by atoms with van der Waals surface area (Å²) in [5.41, 5.74) is 7.56. The maximum absolute atomic E-state index is 12.5. The van der Waals surface area contributed by atoms with Gasteiger partial charge in [0.1, 0.15) is 0 Å². The minimum atomic E-state index is -0.772. The van der Waals surface area contributed by atoms with Crippen LogP contribution in [0, 0.1) is 0 Å². The van der Waals surface area contributed by atoms with Crippen LogP contribution in [0.3, 0.4) is 0 Å². The van der Waals surface area contributed by atoms with Crippen molar-refractivity contribution in [2.75, 3.05) is 4.90 Å². The number of hydrogen-bond donors (Lipinski definition) is 1. The monoisotopic (exact) mass is 232 g/mol. The molecular weight excluding hydrogens is 212 g/mol. The fourth-order valence-electron chi connectivity index (χ4n) is 2.30. The summed E-state index contributed by atoms with van der Waals surface area (Å²) in [6.45, 7) is 5.83. The van der Waals surface area contributed by atoms with Gasteiger partial charge in [-0.25, -0.2) is 0 Å². The van der Waals surface area contributed by atoms with Gasteiger partial charge in [-0.15, -0.1) is 0 Å². The Morgan fingerprint density at radius 3 is 2.82 bits per heavy atom. The number of nitrogens with two attached hydrogens (primary N) is 1. The summed E-state index contributed by atoms with van der Waals surface area (Å²) < 4.78 is 0. The minimum absolute atomic E-state index is 0.0254. The van der Waals surface area contributed by atoms with Gasteiger partial charge in [-0.1, -0.05) is 25.1 Å². The summed E-state index contributed by atoms with van der Waals surface area (Å²) in [4.78, 5) is 14.3. The van der Waals surface area contributed by atoms with E-state index >= 15 is 0 Å². The van der Waals surface area contributed by atoms with Crippen LogP contribution in [0.5, 0.6) is 0 Å². The van der Waals surface area contributed by atoms with E-state index in [-0.39, 0.29) is 11.9 Å². The summed E-state index contributed by atoms with van der Waals surface area (Å²) in [7, 11) is 0. The van der Waals surface area contributed by atoms with Crippen molar-refractivity contribution in [2.24, 2.45) is 5.73 Å². The van der Waals surface area contributed by atoms with Gasteiger partial charge in [0.2, 0.25) is 5.91 Å². The normalized spacial score (nSPS) is 22.1. The highest BCUT2D eigenvalue weighted by atomic mass is 16.2. The van der Waals surface area contributed by atoms with Crippen LogP contribution < -0.4 is 10.6 Å². The highest BCUT2D eigenvalue weighted by Gasteiger charge is 2.38. The first-order valence-electron chi connectivity index (χ1n) is 6.18. The second-order valence-electron chi connectivity index (χ2n) is 5.13. The lowest BCUT2D eigenvalue weighted by molar-refractivity contribution is -0.123. The topological polar surface area (TPSA) is 46.3 Å². The quantitative estimate of drug-likeness (QED) is 0.848. The number of hydrogen-bond acceptors (Lipinski definition) is 2. The van der Waals surface area contributed by atoms with Crippen LogP contribution in [-0.2, 0) is 11.2 Å². The van der Waals surface area contributed by atoms with Crippen molar-refractivity contribution in [3.8, 4) is 0 Å². The Bertz CT molecular complexity index is 440. The molecule has 1 amide bonds. The van der Waals surface area contributed by atoms with Crippen molar-refractivity contribution < 1.29 is 4.79 Å². The molecule has 0 fully saturated rings. The number of nitrogens with zero attached hydrogens (tertiary/aromatic N) is 1. The smallest absolute Gasteiger partial charge is 0.247 e. The van der Waals surface area contributed by atoms with Crippen LogP contribution in [0.2, 0.25) is 0 Å². The van der Waals surface area contributed by atoms with Gasteiger partial charge >= 0.3 is 0 Å².